The van der Waals surface area contributed by atoms with Crippen molar-refractivity contribution in [1.29, 1.82) is 0 Å². The van der Waals surface area contributed by atoms with Crippen LogP contribution in [0.25, 0.3) is 0 Å². The predicted molar refractivity (Wildman–Crippen MR) is 334 cm³/mol. The highest BCUT2D eigenvalue weighted by atomic mass is 16.6. The minimum atomic E-state index is -0.851. The minimum absolute atomic E-state index is 0.108. The van der Waals surface area contributed by atoms with Gasteiger partial charge in [-0.15, -0.1) is 0 Å². The first-order valence-corrected chi connectivity index (χ1v) is 30.3. The van der Waals surface area contributed by atoms with Crippen molar-refractivity contribution in [2.45, 2.75) is 232 Å². The molecule has 0 amide bonds. The van der Waals surface area contributed by atoms with Crippen LogP contribution in [0.3, 0.4) is 0 Å². The molecule has 0 aliphatic rings. The Morgan fingerprint density at radius 3 is 0.922 bits per heavy atom. The van der Waals surface area contributed by atoms with Gasteiger partial charge in [-0.2, -0.15) is 0 Å². The summed E-state index contributed by atoms with van der Waals surface area (Å²) in [4.78, 5) is 38.2. The zero-order valence-corrected chi connectivity index (χ0v) is 48.9. The lowest BCUT2D eigenvalue weighted by molar-refractivity contribution is -0.166. The van der Waals surface area contributed by atoms with Gasteiger partial charge in [-0.05, 0) is 141 Å². The number of hydrogen-bond donors (Lipinski definition) is 0. The molecule has 0 bridgehead atoms. The number of carbonyl (C=O) groups is 3. The highest BCUT2D eigenvalue weighted by Gasteiger charge is 2.19. The van der Waals surface area contributed by atoms with Gasteiger partial charge >= 0.3 is 17.9 Å². The maximum absolute atomic E-state index is 12.9. The summed E-state index contributed by atoms with van der Waals surface area (Å²) in [6, 6.07) is 0. The Morgan fingerprint density at radius 2 is 0.558 bits per heavy atom. The van der Waals surface area contributed by atoms with Crippen molar-refractivity contribution in [2.24, 2.45) is 0 Å². The van der Waals surface area contributed by atoms with Crippen molar-refractivity contribution in [2.75, 3.05) is 13.2 Å². The molecule has 0 heterocycles. The Kier molecular flexibility index (Phi) is 58.6. The second-order valence-corrected chi connectivity index (χ2v) is 19.2. The molecule has 1 unspecified atom stereocenters. The molecule has 0 aliphatic heterocycles. The second-order valence-electron chi connectivity index (χ2n) is 19.2. The average Bonchev–Trinajstić information content (AvgIpc) is 3.43. The first-order chi connectivity index (χ1) is 38.0. The Hall–Kier alpha value is -5.49. The summed E-state index contributed by atoms with van der Waals surface area (Å²) in [5, 5.41) is 0. The molecule has 0 fully saturated rings. The molecule has 0 saturated heterocycles. The third-order valence-corrected chi connectivity index (χ3v) is 11.9. The molecular formula is C71H108O6. The van der Waals surface area contributed by atoms with Crippen LogP contribution in [0.2, 0.25) is 0 Å². The van der Waals surface area contributed by atoms with Gasteiger partial charge in [0.25, 0.3) is 0 Å². The van der Waals surface area contributed by atoms with E-state index >= 15 is 0 Å². The van der Waals surface area contributed by atoms with Crippen molar-refractivity contribution in [1.82, 2.24) is 0 Å². The van der Waals surface area contributed by atoms with Gasteiger partial charge in [0.2, 0.25) is 0 Å². The van der Waals surface area contributed by atoms with Gasteiger partial charge in [-0.25, -0.2) is 0 Å². The second kappa shape index (κ2) is 63.0. The lowest BCUT2D eigenvalue weighted by Gasteiger charge is -2.18. The summed E-state index contributed by atoms with van der Waals surface area (Å²) in [6.07, 6.45) is 94.8. The van der Waals surface area contributed by atoms with E-state index in [-0.39, 0.29) is 44.4 Å². The van der Waals surface area contributed by atoms with Gasteiger partial charge in [-0.1, -0.05) is 248 Å². The normalized spacial score (nSPS) is 13.4. The van der Waals surface area contributed by atoms with Gasteiger partial charge in [-0.3, -0.25) is 14.4 Å². The molecule has 0 spiro atoms. The molecule has 428 valence electrons. The summed E-state index contributed by atoms with van der Waals surface area (Å²) in [5.74, 6) is -1.13. The summed E-state index contributed by atoms with van der Waals surface area (Å²) >= 11 is 0. The molecule has 1 atom stereocenters. The number of unbranched alkanes of at least 4 members (excludes halogenated alkanes) is 12. The van der Waals surface area contributed by atoms with Gasteiger partial charge in [0, 0.05) is 12.8 Å². The predicted octanol–water partition coefficient (Wildman–Crippen LogP) is 20.9. The summed E-state index contributed by atoms with van der Waals surface area (Å²) < 4.78 is 16.7. The quantitative estimate of drug-likeness (QED) is 0.0261. The Bertz CT molecular complexity index is 1840. The van der Waals surface area contributed by atoms with Crippen molar-refractivity contribution < 1.29 is 28.6 Å². The maximum Gasteiger partial charge on any atom is 0.309 e. The van der Waals surface area contributed by atoms with E-state index in [1.165, 1.54) is 38.5 Å². The summed E-state index contributed by atoms with van der Waals surface area (Å²) in [6.45, 7) is 6.24. The molecule has 77 heavy (non-hydrogen) atoms. The van der Waals surface area contributed by atoms with Gasteiger partial charge < -0.3 is 14.2 Å². The molecule has 0 saturated carbocycles. The number of hydrogen-bond acceptors (Lipinski definition) is 6. The zero-order valence-electron chi connectivity index (χ0n) is 48.9. The fraction of sp³-hybridized carbons (Fsp3) is 0.535. The molecule has 0 aromatic carbocycles. The van der Waals surface area contributed by atoms with Gasteiger partial charge in [0.05, 0.1) is 6.42 Å². The Labute approximate surface area is 472 Å². The largest absolute Gasteiger partial charge is 0.462 e. The van der Waals surface area contributed by atoms with Crippen LogP contribution in [0.5, 0.6) is 0 Å². The lowest BCUT2D eigenvalue weighted by atomic mass is 10.1. The van der Waals surface area contributed by atoms with E-state index in [0.717, 1.165) is 148 Å². The minimum Gasteiger partial charge on any atom is -0.462 e. The molecule has 0 N–H and O–H groups in total. The standard InChI is InChI=1S/C71H108O6/c1-4-7-10-13-16-19-22-25-28-30-32-33-34-35-36-37-39-40-43-46-49-52-55-58-61-64-70(73)76-67-68(66-75-69(72)63-60-57-54-51-48-45-42-27-24-21-18-15-12-9-6-3)77-71(74)65-62-59-56-53-50-47-44-41-38-31-29-26-23-20-17-14-11-8-5-2/h7,9-10,12,16-21,25-29,32-33,35-36,38-42,46,48-49,51,57,60,68H,4-6,8,11,13-15,22-24,30-31,34,37,43-45,47,50,52-56,58-59,61-67H2,1-3H3/b10-7-,12-9-,19-16-,20-17-,21-18-,28-25-,29-26-,33-32-,36-35-,40-39-,41-38-,42-27-,49-46-,51-48-,60-57-. The molecule has 0 aliphatic carbocycles. The number of allylic oxidation sites excluding steroid dienone is 29. The van der Waals surface area contributed by atoms with Crippen molar-refractivity contribution in [3.63, 3.8) is 0 Å². The van der Waals surface area contributed by atoms with Crippen LogP contribution in [0.15, 0.2) is 182 Å². The van der Waals surface area contributed by atoms with Crippen LogP contribution in [0, 0.1) is 0 Å². The summed E-state index contributed by atoms with van der Waals surface area (Å²) in [7, 11) is 0. The van der Waals surface area contributed by atoms with Gasteiger partial charge in [0.1, 0.15) is 13.2 Å². The topological polar surface area (TPSA) is 78.9 Å². The first-order valence-electron chi connectivity index (χ1n) is 30.3. The number of carbonyl (C=O) groups excluding carboxylic acids is 3. The third kappa shape index (κ3) is 61.2. The zero-order chi connectivity index (χ0) is 55.7. The van der Waals surface area contributed by atoms with Crippen LogP contribution in [0.4, 0.5) is 0 Å². The first kappa shape index (κ1) is 71.5. The Balaban J connectivity index is 4.59. The highest BCUT2D eigenvalue weighted by molar-refractivity contribution is 5.72. The van der Waals surface area contributed by atoms with Crippen LogP contribution in [-0.4, -0.2) is 37.2 Å². The maximum atomic E-state index is 12.9. The van der Waals surface area contributed by atoms with Crippen LogP contribution >= 0.6 is 0 Å². The van der Waals surface area contributed by atoms with Crippen LogP contribution < -0.4 is 0 Å². The molecule has 6 heteroatoms. The van der Waals surface area contributed by atoms with E-state index in [0.29, 0.717) is 0 Å². The molecule has 0 aromatic rings. The van der Waals surface area contributed by atoms with E-state index in [1.54, 1.807) is 6.08 Å². The fourth-order valence-electron chi connectivity index (χ4n) is 7.44. The smallest absolute Gasteiger partial charge is 0.309 e. The molecule has 0 aromatic heterocycles. The van der Waals surface area contributed by atoms with Crippen molar-refractivity contribution in [3.8, 4) is 0 Å². The number of esters is 3. The number of rotatable bonds is 52. The van der Waals surface area contributed by atoms with E-state index in [4.69, 9.17) is 14.2 Å². The van der Waals surface area contributed by atoms with E-state index in [1.807, 2.05) is 6.08 Å². The third-order valence-electron chi connectivity index (χ3n) is 11.9. The molecule has 0 radical (unpaired) electrons. The van der Waals surface area contributed by atoms with E-state index in [9.17, 15) is 14.4 Å². The highest BCUT2D eigenvalue weighted by Crippen LogP contribution is 2.12. The average molecular weight is 1060 g/mol. The van der Waals surface area contributed by atoms with Crippen molar-refractivity contribution in [3.05, 3.63) is 182 Å². The summed E-state index contributed by atoms with van der Waals surface area (Å²) in [5.41, 5.74) is 0. The monoisotopic (exact) mass is 1060 g/mol. The molecular weight excluding hydrogens is 949 g/mol. The fourth-order valence-corrected chi connectivity index (χ4v) is 7.44. The van der Waals surface area contributed by atoms with Gasteiger partial charge in [0.15, 0.2) is 6.10 Å². The Morgan fingerprint density at radius 1 is 0.286 bits per heavy atom. The van der Waals surface area contributed by atoms with Crippen molar-refractivity contribution >= 4 is 17.9 Å². The molecule has 0 rings (SSSR count). The SMILES string of the molecule is CC/C=C\C/C=C\C/C=C\C/C=C\C/C=C\C/C=C\C/C=C\CCCCCC(=O)OCC(COC(=O)C/C=C\C/C=C\C/C=C\C/C=C\C/C=C\CC)OC(=O)CCCCCCCC/C=C\C/C=C\C/C=C\CCCCC. The lowest BCUT2D eigenvalue weighted by Crippen LogP contribution is -2.30. The van der Waals surface area contributed by atoms with Crippen LogP contribution in [-0.2, 0) is 28.6 Å². The van der Waals surface area contributed by atoms with E-state index < -0.39 is 12.1 Å². The van der Waals surface area contributed by atoms with Crippen LogP contribution in [0.1, 0.15) is 226 Å². The van der Waals surface area contributed by atoms with E-state index in [2.05, 4.69) is 191 Å². The number of ether oxygens (including phenoxy) is 3. The molecule has 6 nitrogen and oxygen atoms in total.